The SMILES string of the molecule is Cc1ccc(S(=O)(=O)OCCn2cc(Br)cc2CO)cc1. The Hall–Kier alpha value is -1.15. The van der Waals surface area contributed by atoms with Crippen LogP contribution in [0.4, 0.5) is 0 Å². The van der Waals surface area contributed by atoms with Crippen molar-refractivity contribution in [3.05, 3.63) is 52.3 Å². The minimum absolute atomic E-state index is 0.00430. The number of nitrogens with zero attached hydrogens (tertiary/aromatic N) is 1. The molecule has 0 saturated carbocycles. The molecule has 5 nitrogen and oxygen atoms in total. The van der Waals surface area contributed by atoms with Crippen LogP contribution in [0.2, 0.25) is 0 Å². The Labute approximate surface area is 132 Å². The number of aryl methyl sites for hydroxylation is 1. The summed E-state index contributed by atoms with van der Waals surface area (Å²) < 4.78 is 31.6. The highest BCUT2D eigenvalue weighted by molar-refractivity contribution is 9.10. The van der Waals surface area contributed by atoms with Crippen molar-refractivity contribution in [2.24, 2.45) is 0 Å². The number of hydrogen-bond acceptors (Lipinski definition) is 4. The molecule has 0 radical (unpaired) electrons. The molecule has 2 rings (SSSR count). The molecule has 0 amide bonds. The predicted molar refractivity (Wildman–Crippen MR) is 82.4 cm³/mol. The lowest BCUT2D eigenvalue weighted by Gasteiger charge is -2.09. The molecule has 0 aliphatic rings. The van der Waals surface area contributed by atoms with Gasteiger partial charge in [-0.15, -0.1) is 0 Å². The Bertz CT molecular complexity index is 707. The third-order valence-corrected chi connectivity index (χ3v) is 4.76. The third kappa shape index (κ3) is 4.16. The predicted octanol–water partition coefficient (Wildman–Crippen LogP) is 2.46. The number of aliphatic hydroxyl groups is 1. The molecular weight excluding hydrogens is 358 g/mol. The number of rotatable bonds is 6. The molecule has 0 atom stereocenters. The van der Waals surface area contributed by atoms with E-state index in [-0.39, 0.29) is 18.1 Å². The second kappa shape index (κ2) is 6.74. The van der Waals surface area contributed by atoms with Crippen molar-refractivity contribution >= 4 is 26.0 Å². The zero-order valence-corrected chi connectivity index (χ0v) is 13.9. The van der Waals surface area contributed by atoms with Crippen LogP contribution < -0.4 is 0 Å². The summed E-state index contributed by atoms with van der Waals surface area (Å²) in [5.41, 5.74) is 1.68. The quantitative estimate of drug-likeness (QED) is 0.789. The summed E-state index contributed by atoms with van der Waals surface area (Å²) in [7, 11) is -3.75. The Kier molecular flexibility index (Phi) is 5.21. The summed E-state index contributed by atoms with van der Waals surface area (Å²) in [5, 5.41) is 9.19. The molecule has 2 aromatic rings. The van der Waals surface area contributed by atoms with E-state index in [1.54, 1.807) is 29.0 Å². The van der Waals surface area contributed by atoms with E-state index in [1.165, 1.54) is 12.1 Å². The maximum atomic E-state index is 12.0. The van der Waals surface area contributed by atoms with E-state index in [0.29, 0.717) is 12.2 Å². The first kappa shape index (κ1) is 16.2. The van der Waals surface area contributed by atoms with Gasteiger partial charge < -0.3 is 9.67 Å². The highest BCUT2D eigenvalue weighted by Gasteiger charge is 2.15. The van der Waals surface area contributed by atoms with Crippen LogP contribution in [0.5, 0.6) is 0 Å². The molecule has 21 heavy (non-hydrogen) atoms. The maximum Gasteiger partial charge on any atom is 0.297 e. The normalized spacial score (nSPS) is 11.8. The smallest absolute Gasteiger partial charge is 0.297 e. The van der Waals surface area contributed by atoms with Gasteiger partial charge in [0, 0.05) is 22.9 Å². The van der Waals surface area contributed by atoms with Gasteiger partial charge in [-0.1, -0.05) is 17.7 Å². The van der Waals surface area contributed by atoms with Crippen LogP contribution in [0.1, 0.15) is 11.3 Å². The first-order valence-electron chi connectivity index (χ1n) is 6.34. The van der Waals surface area contributed by atoms with Gasteiger partial charge in [0.15, 0.2) is 0 Å². The number of benzene rings is 1. The fraction of sp³-hybridized carbons (Fsp3) is 0.286. The van der Waals surface area contributed by atoms with Gasteiger partial charge in [0.05, 0.1) is 18.1 Å². The van der Waals surface area contributed by atoms with Gasteiger partial charge >= 0.3 is 0 Å². The zero-order valence-electron chi connectivity index (χ0n) is 11.5. The Balaban J connectivity index is 2.00. The summed E-state index contributed by atoms with van der Waals surface area (Å²) >= 11 is 3.31. The van der Waals surface area contributed by atoms with Crippen molar-refractivity contribution in [1.29, 1.82) is 0 Å². The average molecular weight is 374 g/mol. The van der Waals surface area contributed by atoms with E-state index < -0.39 is 10.1 Å². The van der Waals surface area contributed by atoms with Gasteiger partial charge in [-0.25, -0.2) is 0 Å². The van der Waals surface area contributed by atoms with Crippen LogP contribution in [0.25, 0.3) is 0 Å². The van der Waals surface area contributed by atoms with Gasteiger partial charge in [0.1, 0.15) is 0 Å². The maximum absolute atomic E-state index is 12.0. The Morgan fingerprint density at radius 3 is 2.57 bits per heavy atom. The molecule has 0 aliphatic heterocycles. The van der Waals surface area contributed by atoms with E-state index in [4.69, 9.17) is 4.18 Å². The zero-order chi connectivity index (χ0) is 15.5. The summed E-state index contributed by atoms with van der Waals surface area (Å²) in [6.45, 7) is 2.12. The molecule has 0 saturated heterocycles. The lowest BCUT2D eigenvalue weighted by atomic mass is 10.2. The van der Waals surface area contributed by atoms with Crippen LogP contribution in [0.15, 0.2) is 45.9 Å². The molecule has 0 aliphatic carbocycles. The Morgan fingerprint density at radius 2 is 1.95 bits per heavy atom. The molecule has 7 heteroatoms. The lowest BCUT2D eigenvalue weighted by Crippen LogP contribution is -2.13. The van der Waals surface area contributed by atoms with Crippen molar-refractivity contribution in [3.63, 3.8) is 0 Å². The van der Waals surface area contributed by atoms with Crippen LogP contribution in [0, 0.1) is 6.92 Å². The van der Waals surface area contributed by atoms with Crippen molar-refractivity contribution in [2.45, 2.75) is 25.0 Å². The molecule has 1 heterocycles. The monoisotopic (exact) mass is 373 g/mol. The summed E-state index contributed by atoms with van der Waals surface area (Å²) in [4.78, 5) is 0.143. The Morgan fingerprint density at radius 1 is 1.29 bits per heavy atom. The molecule has 0 unspecified atom stereocenters. The molecule has 0 spiro atoms. The third-order valence-electron chi connectivity index (χ3n) is 2.99. The molecule has 0 fully saturated rings. The van der Waals surface area contributed by atoms with Gasteiger partial charge in [0.25, 0.3) is 10.1 Å². The number of hydrogen-bond donors (Lipinski definition) is 1. The highest BCUT2D eigenvalue weighted by Crippen LogP contribution is 2.16. The molecule has 1 aromatic heterocycles. The van der Waals surface area contributed by atoms with Gasteiger partial charge in [-0.05, 0) is 41.1 Å². The van der Waals surface area contributed by atoms with Crippen molar-refractivity contribution in [3.8, 4) is 0 Å². The standard InChI is InChI=1S/C14H16BrNO4S/c1-11-2-4-14(5-3-11)21(18,19)20-7-6-16-9-12(15)8-13(16)10-17/h2-5,8-9,17H,6-7,10H2,1H3. The first-order chi connectivity index (χ1) is 9.92. The van der Waals surface area contributed by atoms with Crippen LogP contribution in [-0.2, 0) is 27.5 Å². The number of aromatic nitrogens is 1. The first-order valence-corrected chi connectivity index (χ1v) is 8.54. The highest BCUT2D eigenvalue weighted by atomic mass is 79.9. The van der Waals surface area contributed by atoms with Crippen LogP contribution >= 0.6 is 15.9 Å². The van der Waals surface area contributed by atoms with Crippen molar-refractivity contribution in [2.75, 3.05) is 6.61 Å². The van der Waals surface area contributed by atoms with E-state index in [1.807, 2.05) is 6.92 Å². The second-order valence-corrected chi connectivity index (χ2v) is 7.12. The summed E-state index contributed by atoms with van der Waals surface area (Å²) in [5.74, 6) is 0. The minimum atomic E-state index is -3.75. The van der Waals surface area contributed by atoms with Crippen molar-refractivity contribution < 1.29 is 17.7 Å². The molecule has 0 bridgehead atoms. The van der Waals surface area contributed by atoms with E-state index in [0.717, 1.165) is 10.0 Å². The molecule has 1 N–H and O–H groups in total. The van der Waals surface area contributed by atoms with Crippen LogP contribution in [-0.4, -0.2) is 24.7 Å². The summed E-state index contributed by atoms with van der Waals surface area (Å²) in [6.07, 6.45) is 1.77. The lowest BCUT2D eigenvalue weighted by molar-refractivity contribution is 0.260. The number of aliphatic hydroxyl groups excluding tert-OH is 1. The summed E-state index contributed by atoms with van der Waals surface area (Å²) in [6, 6.07) is 8.27. The van der Waals surface area contributed by atoms with Crippen molar-refractivity contribution in [1.82, 2.24) is 4.57 Å². The number of halogens is 1. The molecular formula is C14H16BrNO4S. The van der Waals surface area contributed by atoms with Crippen LogP contribution in [0.3, 0.4) is 0 Å². The fourth-order valence-electron chi connectivity index (χ4n) is 1.87. The fourth-order valence-corrected chi connectivity index (χ4v) is 3.28. The average Bonchev–Trinajstić information content (AvgIpc) is 2.79. The second-order valence-electron chi connectivity index (χ2n) is 4.59. The van der Waals surface area contributed by atoms with E-state index in [2.05, 4.69) is 15.9 Å². The largest absolute Gasteiger partial charge is 0.390 e. The molecule has 1 aromatic carbocycles. The topological polar surface area (TPSA) is 68.5 Å². The van der Waals surface area contributed by atoms with Gasteiger partial charge in [0.2, 0.25) is 0 Å². The van der Waals surface area contributed by atoms with Gasteiger partial charge in [-0.2, -0.15) is 8.42 Å². The van der Waals surface area contributed by atoms with Gasteiger partial charge in [-0.3, -0.25) is 4.18 Å². The minimum Gasteiger partial charge on any atom is -0.390 e. The van der Waals surface area contributed by atoms with E-state index in [9.17, 15) is 13.5 Å². The molecule has 114 valence electrons. The van der Waals surface area contributed by atoms with E-state index >= 15 is 0 Å².